The van der Waals surface area contributed by atoms with E-state index in [0.717, 1.165) is 18.4 Å². The van der Waals surface area contributed by atoms with Crippen molar-refractivity contribution in [1.29, 1.82) is 0 Å². The van der Waals surface area contributed by atoms with Crippen LogP contribution in [0.1, 0.15) is 46.0 Å². The number of rotatable bonds is 2. The van der Waals surface area contributed by atoms with Crippen molar-refractivity contribution < 1.29 is 24.6 Å². The number of Topliss-reactive ketones (excluding diaryl/α,β-unsaturated/α-hetero) is 2. The Morgan fingerprint density at radius 2 is 2.04 bits per heavy atom. The Morgan fingerprint density at radius 3 is 2.73 bits per heavy atom. The van der Waals surface area contributed by atoms with Crippen molar-refractivity contribution >= 4 is 17.3 Å². The van der Waals surface area contributed by atoms with Crippen molar-refractivity contribution in [3.63, 3.8) is 0 Å². The Kier molecular flexibility index (Phi) is 3.86. The minimum atomic E-state index is -1.85. The van der Waals surface area contributed by atoms with Crippen molar-refractivity contribution in [1.82, 2.24) is 5.32 Å². The summed E-state index contributed by atoms with van der Waals surface area (Å²) in [5.74, 6) is -0.550. The van der Waals surface area contributed by atoms with Gasteiger partial charge in [0.15, 0.2) is 11.5 Å². The van der Waals surface area contributed by atoms with Gasteiger partial charge in [0.05, 0.1) is 0 Å². The van der Waals surface area contributed by atoms with Gasteiger partial charge in [-0.25, -0.2) is 0 Å². The summed E-state index contributed by atoms with van der Waals surface area (Å²) in [6.07, 6.45) is 4.61. The second kappa shape index (κ2) is 5.57. The third kappa shape index (κ3) is 2.06. The maximum atomic E-state index is 13.3. The van der Waals surface area contributed by atoms with Gasteiger partial charge in [-0.3, -0.25) is 19.7 Å². The van der Waals surface area contributed by atoms with Gasteiger partial charge in [-0.2, -0.15) is 0 Å². The molecule has 4 aliphatic rings. The highest BCUT2D eigenvalue weighted by Gasteiger charge is 2.68. The molecule has 6 nitrogen and oxygen atoms in total. The molecule has 0 aromatic heterocycles. The summed E-state index contributed by atoms with van der Waals surface area (Å²) >= 11 is 0. The van der Waals surface area contributed by atoms with E-state index in [1.807, 2.05) is 0 Å². The summed E-state index contributed by atoms with van der Waals surface area (Å²) in [5, 5.41) is 23.3. The molecule has 6 heteroatoms. The maximum Gasteiger partial charge on any atom is 0.205 e. The predicted octanol–water partition coefficient (Wildman–Crippen LogP) is 0.757. The van der Waals surface area contributed by atoms with Gasteiger partial charge in [0.25, 0.3) is 0 Å². The first-order valence-electron chi connectivity index (χ1n) is 9.55. The highest BCUT2D eigenvalue weighted by Crippen LogP contribution is 2.63. The highest BCUT2D eigenvalue weighted by molar-refractivity contribution is 5.94. The fourth-order valence-corrected chi connectivity index (χ4v) is 6.52. The van der Waals surface area contributed by atoms with Gasteiger partial charge in [-0.1, -0.05) is 19.4 Å². The van der Waals surface area contributed by atoms with Crippen LogP contribution in [0.3, 0.4) is 0 Å². The molecule has 2 saturated carbocycles. The molecule has 1 aliphatic heterocycles. The quantitative estimate of drug-likeness (QED) is 0.671. The van der Waals surface area contributed by atoms with Crippen LogP contribution in [0.15, 0.2) is 11.6 Å². The first-order valence-corrected chi connectivity index (χ1v) is 9.55. The number of carbonyl (C=O) groups is 3. The molecule has 3 N–H and O–H groups in total. The summed E-state index contributed by atoms with van der Waals surface area (Å²) in [6.45, 7) is 3.62. The minimum absolute atomic E-state index is 0.0123. The Morgan fingerprint density at radius 1 is 1.31 bits per heavy atom. The Balaban J connectivity index is 1.75. The van der Waals surface area contributed by atoms with Gasteiger partial charge in [0.2, 0.25) is 5.78 Å². The fourth-order valence-electron chi connectivity index (χ4n) is 6.52. The number of nitrogens with one attached hydrogen (secondary N) is 1. The van der Waals surface area contributed by atoms with E-state index in [2.05, 4.69) is 12.2 Å². The molecule has 6 atom stereocenters. The number of hydrogen-bond donors (Lipinski definition) is 3. The summed E-state index contributed by atoms with van der Waals surface area (Å²) in [7, 11) is 0. The molecule has 0 aromatic carbocycles. The van der Waals surface area contributed by atoms with E-state index in [0.29, 0.717) is 19.4 Å². The maximum absolute atomic E-state index is 13.3. The summed E-state index contributed by atoms with van der Waals surface area (Å²) in [6, 6.07) is 0. The minimum Gasteiger partial charge on any atom is -0.388 e. The molecule has 142 valence electrons. The molecule has 3 aliphatic carbocycles. The predicted molar refractivity (Wildman–Crippen MR) is 92.9 cm³/mol. The average Bonchev–Trinajstić information content (AvgIpc) is 2.86. The Bertz CT molecular complexity index is 730. The third-order valence-corrected chi connectivity index (χ3v) is 8.00. The molecule has 0 amide bonds. The lowest BCUT2D eigenvalue weighted by Gasteiger charge is -2.57. The second-order valence-corrected chi connectivity index (χ2v) is 9.07. The molecule has 0 aromatic rings. The van der Waals surface area contributed by atoms with Crippen molar-refractivity contribution in [3.05, 3.63) is 11.6 Å². The monoisotopic (exact) mass is 361 g/mol. The topological polar surface area (TPSA) is 104 Å². The van der Waals surface area contributed by atoms with Crippen LogP contribution in [-0.2, 0) is 14.4 Å². The van der Waals surface area contributed by atoms with E-state index in [9.17, 15) is 24.6 Å². The molecule has 26 heavy (non-hydrogen) atoms. The standard InChI is InChI=1S/C20H27NO5/c1-18-6-5-12(23)7-11(18)3-4-13-14-9-21-20(26,16(25)10-22)19(14,2)8-15(24)17(13)18/h7,13-14,17,21-22,26H,3-6,8-10H2,1-2H3/t13-,14-,17+,18-,19-,20-/m0/s1. The van der Waals surface area contributed by atoms with E-state index < -0.39 is 23.5 Å². The Hall–Kier alpha value is -1.37. The molecule has 0 spiro atoms. The highest BCUT2D eigenvalue weighted by atomic mass is 16.3. The average molecular weight is 361 g/mol. The normalized spacial score (nSPS) is 47.7. The molecule has 0 unspecified atom stereocenters. The molecular formula is C20H27NO5. The van der Waals surface area contributed by atoms with Gasteiger partial charge in [-0.05, 0) is 42.6 Å². The van der Waals surface area contributed by atoms with Crippen LogP contribution in [0.2, 0.25) is 0 Å². The number of allylic oxidation sites excluding steroid dienone is 2. The van der Waals surface area contributed by atoms with Crippen molar-refractivity contribution in [2.24, 2.45) is 28.6 Å². The van der Waals surface area contributed by atoms with E-state index >= 15 is 0 Å². The lowest BCUT2D eigenvalue weighted by Crippen LogP contribution is -2.63. The van der Waals surface area contributed by atoms with Gasteiger partial charge < -0.3 is 10.2 Å². The number of hydrogen-bond acceptors (Lipinski definition) is 6. The lowest BCUT2D eigenvalue weighted by atomic mass is 9.46. The van der Waals surface area contributed by atoms with E-state index in [1.54, 1.807) is 13.0 Å². The largest absolute Gasteiger partial charge is 0.388 e. The summed E-state index contributed by atoms with van der Waals surface area (Å²) < 4.78 is 0. The van der Waals surface area contributed by atoms with Gasteiger partial charge in [0.1, 0.15) is 12.4 Å². The summed E-state index contributed by atoms with van der Waals surface area (Å²) in [5.41, 5.74) is -1.96. The molecule has 0 bridgehead atoms. The van der Waals surface area contributed by atoms with Crippen molar-refractivity contribution in [2.75, 3.05) is 13.2 Å². The molecule has 4 rings (SSSR count). The molecule has 1 saturated heterocycles. The van der Waals surface area contributed by atoms with Crippen LogP contribution in [0, 0.1) is 28.6 Å². The molecular weight excluding hydrogens is 334 g/mol. The van der Waals surface area contributed by atoms with Gasteiger partial charge in [-0.15, -0.1) is 0 Å². The van der Waals surface area contributed by atoms with Crippen LogP contribution >= 0.6 is 0 Å². The second-order valence-electron chi connectivity index (χ2n) is 9.07. The SMILES string of the molecule is C[C@]12CCC(=O)C=C1CC[C@@H]1[C@@H]2C(=O)C[C@@]2(C)[C@H]1CN[C@]2(O)C(=O)CO. The van der Waals surface area contributed by atoms with E-state index in [-0.39, 0.29) is 41.2 Å². The zero-order valence-electron chi connectivity index (χ0n) is 15.4. The van der Waals surface area contributed by atoms with Crippen LogP contribution in [0.4, 0.5) is 0 Å². The summed E-state index contributed by atoms with van der Waals surface area (Å²) in [4.78, 5) is 37.4. The zero-order valence-corrected chi connectivity index (χ0v) is 15.4. The first kappa shape index (κ1) is 18.0. The van der Waals surface area contributed by atoms with Crippen LogP contribution in [-0.4, -0.2) is 46.4 Å². The first-order chi connectivity index (χ1) is 12.2. The smallest absolute Gasteiger partial charge is 0.205 e. The van der Waals surface area contributed by atoms with Crippen LogP contribution in [0.5, 0.6) is 0 Å². The van der Waals surface area contributed by atoms with Crippen LogP contribution in [0.25, 0.3) is 0 Å². The number of aliphatic hydroxyl groups excluding tert-OH is 1. The lowest BCUT2D eigenvalue weighted by molar-refractivity contribution is -0.173. The van der Waals surface area contributed by atoms with Crippen LogP contribution < -0.4 is 5.32 Å². The van der Waals surface area contributed by atoms with E-state index in [1.165, 1.54) is 0 Å². The third-order valence-electron chi connectivity index (χ3n) is 8.00. The van der Waals surface area contributed by atoms with Crippen molar-refractivity contribution in [2.45, 2.75) is 51.7 Å². The number of fused-ring (bicyclic) bond motifs is 5. The number of ketones is 3. The van der Waals surface area contributed by atoms with Gasteiger partial charge >= 0.3 is 0 Å². The number of aliphatic hydroxyl groups is 2. The molecule has 3 fully saturated rings. The van der Waals surface area contributed by atoms with Gasteiger partial charge in [0, 0.05) is 30.7 Å². The van der Waals surface area contributed by atoms with E-state index in [4.69, 9.17) is 0 Å². The van der Waals surface area contributed by atoms with Crippen molar-refractivity contribution in [3.8, 4) is 0 Å². The fraction of sp³-hybridized carbons (Fsp3) is 0.750. The molecule has 1 heterocycles. The molecule has 0 radical (unpaired) electrons. The number of carbonyl (C=O) groups excluding carboxylic acids is 3. The zero-order chi connectivity index (χ0) is 18.9. The Labute approximate surface area is 153 Å².